The first-order chi connectivity index (χ1) is 16.7. The summed E-state index contributed by atoms with van der Waals surface area (Å²) in [5.41, 5.74) is 3.22. The molecule has 3 atom stereocenters. The Kier molecular flexibility index (Phi) is 5.79. The zero-order valence-corrected chi connectivity index (χ0v) is 20.1. The molecule has 5 heterocycles. The van der Waals surface area contributed by atoms with Gasteiger partial charge in [-0.15, -0.1) is 22.0 Å². The normalized spacial score (nSPS) is 23.9. The van der Waals surface area contributed by atoms with Gasteiger partial charge in [0.25, 0.3) is 0 Å². The predicted molar refractivity (Wildman–Crippen MR) is 135 cm³/mol. The van der Waals surface area contributed by atoms with E-state index in [4.69, 9.17) is 4.74 Å². The summed E-state index contributed by atoms with van der Waals surface area (Å²) in [6, 6.07) is 13.3. The lowest BCUT2D eigenvalue weighted by atomic mass is 9.83. The number of rotatable bonds is 4. The maximum Gasteiger partial charge on any atom is 0.213 e. The summed E-state index contributed by atoms with van der Waals surface area (Å²) < 4.78 is 5.22. The van der Waals surface area contributed by atoms with Crippen LogP contribution in [0.4, 0.5) is 5.82 Å². The molecule has 2 saturated heterocycles. The first kappa shape index (κ1) is 21.7. The van der Waals surface area contributed by atoms with Gasteiger partial charge in [0.1, 0.15) is 5.75 Å². The number of hydrogen-bond donors (Lipinski definition) is 2. The van der Waals surface area contributed by atoms with Crippen molar-refractivity contribution in [2.24, 2.45) is 0 Å². The Balaban J connectivity index is 1.27. The fourth-order valence-corrected chi connectivity index (χ4v) is 6.63. The molecule has 8 heteroatoms. The molecule has 3 aliphatic heterocycles. The number of phenolic OH excluding ortho intramolecular Hbond substituents is 1. The third kappa shape index (κ3) is 4.09. The van der Waals surface area contributed by atoms with E-state index in [2.05, 4.69) is 31.5 Å². The second kappa shape index (κ2) is 9.07. The number of thioether (sulfide) groups is 1. The largest absolute Gasteiger partial charge is 0.507 e. The first-order valence-corrected chi connectivity index (χ1v) is 13.0. The minimum atomic E-state index is 0.186. The van der Waals surface area contributed by atoms with Crippen molar-refractivity contribution in [3.63, 3.8) is 0 Å². The molecule has 0 saturated carbocycles. The minimum absolute atomic E-state index is 0.186. The Morgan fingerprint density at radius 1 is 1.06 bits per heavy atom. The maximum atomic E-state index is 10.8. The lowest BCUT2D eigenvalue weighted by Crippen LogP contribution is -2.55. The van der Waals surface area contributed by atoms with Crippen molar-refractivity contribution < 1.29 is 9.84 Å². The van der Waals surface area contributed by atoms with Crippen molar-refractivity contribution in [1.82, 2.24) is 20.5 Å². The first-order valence-electron chi connectivity index (χ1n) is 12.0. The van der Waals surface area contributed by atoms with Gasteiger partial charge in [0, 0.05) is 48.2 Å². The number of phenols is 1. The smallest absolute Gasteiger partial charge is 0.213 e. The van der Waals surface area contributed by atoms with E-state index in [1.807, 2.05) is 36.0 Å². The molecule has 0 amide bonds. The summed E-state index contributed by atoms with van der Waals surface area (Å²) in [6.45, 7) is 1.02. The van der Waals surface area contributed by atoms with E-state index in [1.54, 1.807) is 19.4 Å². The standard InChI is InChI=1S/C26H29N5O2S/c1-33-25-12-17(7-8-27-25)16-5-6-21(23(32)11-16)22-15-24-26(30-29-22)31(9-10-34-24)20-13-18-3-2-4-19(14-20)28-18/h5-8,11-12,15,18-20,28,32H,2-4,9-10,13-14H2,1H3/t18-,19?,20?/m1/s1. The summed E-state index contributed by atoms with van der Waals surface area (Å²) in [5, 5.41) is 23.9. The molecule has 7 nitrogen and oxygen atoms in total. The molecule has 0 spiro atoms. The predicted octanol–water partition coefficient (Wildman–Crippen LogP) is 4.51. The molecule has 2 N–H and O–H groups in total. The number of benzene rings is 1. The highest BCUT2D eigenvalue weighted by Gasteiger charge is 2.36. The molecule has 6 rings (SSSR count). The summed E-state index contributed by atoms with van der Waals surface area (Å²) in [4.78, 5) is 7.80. The van der Waals surface area contributed by atoms with Crippen molar-refractivity contribution in [2.45, 2.75) is 55.1 Å². The molecule has 2 bridgehead atoms. The topological polar surface area (TPSA) is 83.4 Å². The van der Waals surface area contributed by atoms with Crippen molar-refractivity contribution in [1.29, 1.82) is 0 Å². The van der Waals surface area contributed by atoms with E-state index in [1.165, 1.54) is 32.1 Å². The van der Waals surface area contributed by atoms with Crippen LogP contribution in [0.25, 0.3) is 22.4 Å². The highest BCUT2D eigenvalue weighted by molar-refractivity contribution is 7.99. The molecule has 3 aliphatic rings. The van der Waals surface area contributed by atoms with Crippen LogP contribution in [0.3, 0.4) is 0 Å². The van der Waals surface area contributed by atoms with Crippen LogP contribution in [0, 0.1) is 0 Å². The molecule has 176 valence electrons. The molecular weight excluding hydrogens is 446 g/mol. The molecule has 34 heavy (non-hydrogen) atoms. The number of aromatic hydroxyl groups is 1. The van der Waals surface area contributed by atoms with Gasteiger partial charge in [-0.05, 0) is 61.1 Å². The molecule has 0 radical (unpaired) electrons. The average Bonchev–Trinajstić information content (AvgIpc) is 2.87. The van der Waals surface area contributed by atoms with Crippen LogP contribution in [0.1, 0.15) is 32.1 Å². The summed E-state index contributed by atoms with van der Waals surface area (Å²) in [7, 11) is 1.59. The lowest BCUT2D eigenvalue weighted by molar-refractivity contribution is 0.216. The van der Waals surface area contributed by atoms with Crippen LogP contribution in [0.2, 0.25) is 0 Å². The molecule has 2 aromatic heterocycles. The molecule has 1 aromatic carbocycles. The highest BCUT2D eigenvalue weighted by atomic mass is 32.2. The number of aromatic nitrogens is 3. The number of nitrogens with zero attached hydrogens (tertiary/aromatic N) is 4. The van der Waals surface area contributed by atoms with Crippen LogP contribution in [0.5, 0.6) is 11.6 Å². The van der Waals surface area contributed by atoms with Crippen molar-refractivity contribution in [3.8, 4) is 34.0 Å². The van der Waals surface area contributed by atoms with Crippen LogP contribution in [-0.2, 0) is 0 Å². The number of nitrogens with one attached hydrogen (secondary N) is 1. The Hall–Kier alpha value is -2.84. The van der Waals surface area contributed by atoms with Gasteiger partial charge in [-0.3, -0.25) is 0 Å². The van der Waals surface area contributed by atoms with E-state index >= 15 is 0 Å². The Bertz CT molecular complexity index is 1190. The zero-order chi connectivity index (χ0) is 23.1. The SMILES string of the molecule is COc1cc(-c2ccc(-c3cc4c(nn3)N(C3CC5CCC[C@H](C3)N5)CCS4)c(O)c2)ccn1. The number of methoxy groups -OCH3 is 1. The maximum absolute atomic E-state index is 10.8. The number of hydrogen-bond acceptors (Lipinski definition) is 8. The number of ether oxygens (including phenoxy) is 1. The van der Waals surface area contributed by atoms with E-state index in [9.17, 15) is 5.11 Å². The average molecular weight is 476 g/mol. The van der Waals surface area contributed by atoms with Crippen LogP contribution in [-0.4, -0.2) is 57.8 Å². The Morgan fingerprint density at radius 3 is 2.68 bits per heavy atom. The van der Waals surface area contributed by atoms with Gasteiger partial charge >= 0.3 is 0 Å². The molecule has 2 unspecified atom stereocenters. The second-order valence-electron chi connectivity index (χ2n) is 9.39. The zero-order valence-electron chi connectivity index (χ0n) is 19.3. The molecule has 2 fully saturated rings. The van der Waals surface area contributed by atoms with E-state index in [-0.39, 0.29) is 5.75 Å². The van der Waals surface area contributed by atoms with Gasteiger partial charge < -0.3 is 20.1 Å². The number of fused-ring (bicyclic) bond motifs is 3. The third-order valence-corrected chi connectivity index (χ3v) is 8.28. The van der Waals surface area contributed by atoms with Gasteiger partial charge in [0.15, 0.2) is 5.82 Å². The van der Waals surface area contributed by atoms with Gasteiger partial charge in [0.05, 0.1) is 17.7 Å². The highest BCUT2D eigenvalue weighted by Crippen LogP contribution is 2.40. The van der Waals surface area contributed by atoms with E-state index in [0.29, 0.717) is 35.3 Å². The minimum Gasteiger partial charge on any atom is -0.507 e. The quantitative estimate of drug-likeness (QED) is 0.571. The molecule has 3 aromatic rings. The molecular formula is C26H29N5O2S. The van der Waals surface area contributed by atoms with Crippen LogP contribution in [0.15, 0.2) is 47.5 Å². The fourth-order valence-electron chi connectivity index (χ4n) is 5.64. The fraction of sp³-hybridized carbons (Fsp3) is 0.423. The summed E-state index contributed by atoms with van der Waals surface area (Å²) >= 11 is 1.83. The number of piperidine rings is 2. The summed E-state index contributed by atoms with van der Waals surface area (Å²) in [5.74, 6) is 2.78. The van der Waals surface area contributed by atoms with Gasteiger partial charge in [0.2, 0.25) is 5.88 Å². The Morgan fingerprint density at radius 2 is 1.88 bits per heavy atom. The van der Waals surface area contributed by atoms with E-state index < -0.39 is 0 Å². The van der Waals surface area contributed by atoms with Crippen LogP contribution >= 0.6 is 11.8 Å². The van der Waals surface area contributed by atoms with Crippen LogP contribution < -0.4 is 15.0 Å². The van der Waals surface area contributed by atoms with Gasteiger partial charge in [-0.2, -0.15) is 0 Å². The van der Waals surface area contributed by atoms with Gasteiger partial charge in [-0.25, -0.2) is 4.98 Å². The Labute approximate surface area is 204 Å². The number of pyridine rings is 1. The third-order valence-electron chi connectivity index (χ3n) is 7.28. The summed E-state index contributed by atoms with van der Waals surface area (Å²) in [6.07, 6.45) is 8.00. The van der Waals surface area contributed by atoms with Crippen molar-refractivity contribution in [2.75, 3.05) is 24.3 Å². The van der Waals surface area contributed by atoms with E-state index in [0.717, 1.165) is 34.1 Å². The van der Waals surface area contributed by atoms with Crippen molar-refractivity contribution in [3.05, 3.63) is 42.6 Å². The second-order valence-corrected chi connectivity index (χ2v) is 10.5. The van der Waals surface area contributed by atoms with Crippen molar-refractivity contribution >= 4 is 17.6 Å². The molecule has 0 aliphatic carbocycles. The number of anilines is 1. The monoisotopic (exact) mass is 475 g/mol. The van der Waals surface area contributed by atoms with Gasteiger partial charge in [-0.1, -0.05) is 12.5 Å². The lowest BCUT2D eigenvalue weighted by Gasteiger charge is -2.46.